The molecule has 0 spiro atoms. The first-order chi connectivity index (χ1) is 16.8. The summed E-state index contributed by atoms with van der Waals surface area (Å²) >= 11 is 3.69. The molecule has 0 radical (unpaired) electrons. The van der Waals surface area contributed by atoms with E-state index in [9.17, 15) is 0 Å². The van der Waals surface area contributed by atoms with Gasteiger partial charge in [0.2, 0.25) is 0 Å². The highest BCUT2D eigenvalue weighted by molar-refractivity contribution is 7.26. The van der Waals surface area contributed by atoms with E-state index in [0.29, 0.717) is 0 Å². The van der Waals surface area contributed by atoms with Crippen LogP contribution in [0.25, 0.3) is 73.3 Å². The van der Waals surface area contributed by atoms with Gasteiger partial charge in [-0.15, -0.1) is 22.7 Å². The zero-order valence-corrected chi connectivity index (χ0v) is 19.7. The van der Waals surface area contributed by atoms with Crippen LogP contribution in [0.3, 0.4) is 0 Å². The summed E-state index contributed by atoms with van der Waals surface area (Å²) in [6.07, 6.45) is 0. The van der Waals surface area contributed by atoms with Crippen LogP contribution in [-0.4, -0.2) is 4.98 Å². The molecule has 0 aliphatic heterocycles. The van der Waals surface area contributed by atoms with Gasteiger partial charge in [0, 0.05) is 73.4 Å². The van der Waals surface area contributed by atoms with Gasteiger partial charge in [0.05, 0.1) is 5.52 Å². The van der Waals surface area contributed by atoms with Crippen molar-refractivity contribution in [3.63, 3.8) is 0 Å². The maximum absolute atomic E-state index is 6.69. The van der Waals surface area contributed by atoms with Crippen molar-refractivity contribution in [2.75, 3.05) is 5.73 Å². The number of fused-ring (bicyclic) bond motifs is 10. The molecule has 0 amide bonds. The molecule has 160 valence electrons. The van der Waals surface area contributed by atoms with E-state index >= 15 is 0 Å². The zero-order chi connectivity index (χ0) is 22.4. The number of hydrogen-bond acceptors (Lipinski definition) is 3. The predicted molar refractivity (Wildman–Crippen MR) is 151 cm³/mol. The lowest BCUT2D eigenvalue weighted by Crippen LogP contribution is -1.91. The second-order valence-corrected chi connectivity index (χ2v) is 11.0. The second-order valence-electron chi connectivity index (χ2n) is 8.81. The monoisotopic (exact) mass is 470 g/mol. The Morgan fingerprint density at radius 1 is 0.529 bits per heavy atom. The van der Waals surface area contributed by atoms with Crippen molar-refractivity contribution >= 4 is 90.5 Å². The predicted octanol–water partition coefficient (Wildman–Crippen LogP) is 9.31. The van der Waals surface area contributed by atoms with Crippen molar-refractivity contribution < 1.29 is 0 Å². The van der Waals surface area contributed by atoms with Crippen LogP contribution < -0.4 is 5.73 Å². The molecule has 8 rings (SSSR count). The third-order valence-corrected chi connectivity index (χ3v) is 9.25. The van der Waals surface area contributed by atoms with Crippen LogP contribution in [0.1, 0.15) is 0 Å². The van der Waals surface area contributed by atoms with Gasteiger partial charge in [0.15, 0.2) is 0 Å². The lowest BCUT2D eigenvalue weighted by Gasteiger charge is -2.10. The summed E-state index contributed by atoms with van der Waals surface area (Å²) in [5.74, 6) is 0. The van der Waals surface area contributed by atoms with Crippen LogP contribution in [0.2, 0.25) is 0 Å². The molecule has 0 saturated carbocycles. The third-order valence-electron chi connectivity index (χ3n) is 6.98. The van der Waals surface area contributed by atoms with Crippen LogP contribution in [0.4, 0.5) is 5.69 Å². The first kappa shape index (κ1) is 18.6. The molecule has 0 aliphatic rings. The number of aromatic amines is 1. The first-order valence-electron chi connectivity index (χ1n) is 11.3. The molecule has 3 aromatic heterocycles. The molecule has 3 heterocycles. The molecule has 2 nitrogen and oxygen atoms in total. The molecule has 0 saturated heterocycles. The number of nitrogens with two attached hydrogens (primary N) is 1. The number of H-pyrrole nitrogens is 1. The van der Waals surface area contributed by atoms with E-state index in [1.807, 2.05) is 22.7 Å². The van der Waals surface area contributed by atoms with Gasteiger partial charge < -0.3 is 10.7 Å². The average molecular weight is 471 g/mol. The molecular formula is C30H18N2S2. The smallest absolute Gasteiger partial charge is 0.0545 e. The summed E-state index contributed by atoms with van der Waals surface area (Å²) in [7, 11) is 0. The molecule has 34 heavy (non-hydrogen) atoms. The summed E-state index contributed by atoms with van der Waals surface area (Å²) in [5, 5.41) is 7.73. The van der Waals surface area contributed by atoms with Gasteiger partial charge in [0.1, 0.15) is 0 Å². The molecule has 3 N–H and O–H groups in total. The second kappa shape index (κ2) is 6.60. The van der Waals surface area contributed by atoms with Crippen LogP contribution in [-0.2, 0) is 0 Å². The van der Waals surface area contributed by atoms with Crippen molar-refractivity contribution in [3.8, 4) is 11.1 Å². The van der Waals surface area contributed by atoms with Gasteiger partial charge in [-0.2, -0.15) is 0 Å². The minimum Gasteiger partial charge on any atom is -0.398 e. The highest BCUT2D eigenvalue weighted by atomic mass is 32.1. The number of benzene rings is 5. The highest BCUT2D eigenvalue weighted by Gasteiger charge is 2.19. The molecule has 0 bridgehead atoms. The van der Waals surface area contributed by atoms with E-state index in [-0.39, 0.29) is 0 Å². The maximum Gasteiger partial charge on any atom is 0.0545 e. The number of nitrogens with one attached hydrogen (secondary N) is 1. The average Bonchev–Trinajstić information content (AvgIpc) is 3.54. The number of nitrogen functional groups attached to an aromatic ring is 1. The zero-order valence-electron chi connectivity index (χ0n) is 18.1. The minimum atomic E-state index is 0.813. The molecular weight excluding hydrogens is 452 g/mol. The third kappa shape index (κ3) is 2.34. The van der Waals surface area contributed by atoms with Crippen molar-refractivity contribution in [2.24, 2.45) is 0 Å². The molecule has 0 atom stereocenters. The van der Waals surface area contributed by atoms with Gasteiger partial charge in [-0.05, 0) is 36.4 Å². The summed E-state index contributed by atoms with van der Waals surface area (Å²) in [4.78, 5) is 3.78. The SMILES string of the molecule is Nc1ccc2sc3ccccc3c2c1-c1cccc2c1[nH]c1ccc3sc4ccccc4c3c12. The van der Waals surface area contributed by atoms with Crippen molar-refractivity contribution in [3.05, 3.63) is 91.0 Å². The molecule has 0 fully saturated rings. The van der Waals surface area contributed by atoms with Gasteiger partial charge in [0.25, 0.3) is 0 Å². The largest absolute Gasteiger partial charge is 0.398 e. The summed E-state index contributed by atoms with van der Waals surface area (Å²) in [5.41, 5.74) is 12.1. The Hall–Kier alpha value is -3.86. The Balaban J connectivity index is 1.56. The van der Waals surface area contributed by atoms with Gasteiger partial charge in [-0.25, -0.2) is 0 Å². The van der Waals surface area contributed by atoms with Gasteiger partial charge in [-0.1, -0.05) is 54.6 Å². The topological polar surface area (TPSA) is 41.8 Å². The molecule has 4 heteroatoms. The number of hydrogen-bond donors (Lipinski definition) is 2. The van der Waals surface area contributed by atoms with Gasteiger partial charge in [-0.3, -0.25) is 0 Å². The van der Waals surface area contributed by atoms with Crippen LogP contribution in [0, 0.1) is 0 Å². The minimum absolute atomic E-state index is 0.813. The number of aromatic nitrogens is 1. The van der Waals surface area contributed by atoms with Crippen LogP contribution >= 0.6 is 22.7 Å². The van der Waals surface area contributed by atoms with E-state index < -0.39 is 0 Å². The van der Waals surface area contributed by atoms with E-state index in [1.54, 1.807) is 0 Å². The summed E-state index contributed by atoms with van der Waals surface area (Å²) in [6.45, 7) is 0. The molecule has 5 aromatic carbocycles. The number of para-hydroxylation sites is 1. The fourth-order valence-electron chi connectivity index (χ4n) is 5.56. The Labute approximate surface area is 202 Å². The Kier molecular flexibility index (Phi) is 3.60. The normalized spacial score (nSPS) is 12.2. The molecule has 0 unspecified atom stereocenters. The lowest BCUT2D eigenvalue weighted by molar-refractivity contribution is 1.55. The van der Waals surface area contributed by atoms with Crippen LogP contribution in [0.15, 0.2) is 91.0 Å². The fourth-order valence-corrected chi connectivity index (χ4v) is 7.79. The summed E-state index contributed by atoms with van der Waals surface area (Å²) < 4.78 is 5.21. The van der Waals surface area contributed by atoms with Crippen molar-refractivity contribution in [1.82, 2.24) is 4.98 Å². The molecule has 0 aliphatic carbocycles. The molecule has 8 aromatic rings. The van der Waals surface area contributed by atoms with E-state index in [2.05, 4.69) is 96.0 Å². The lowest BCUT2D eigenvalue weighted by atomic mass is 9.95. The first-order valence-corrected chi connectivity index (χ1v) is 13.0. The highest BCUT2D eigenvalue weighted by Crippen LogP contribution is 2.47. The number of thiophene rings is 2. The number of anilines is 1. The summed E-state index contributed by atoms with van der Waals surface area (Å²) in [6, 6.07) is 32.7. The van der Waals surface area contributed by atoms with Crippen LogP contribution in [0.5, 0.6) is 0 Å². The van der Waals surface area contributed by atoms with Crippen molar-refractivity contribution in [1.29, 1.82) is 0 Å². The quantitative estimate of drug-likeness (QED) is 0.231. The van der Waals surface area contributed by atoms with Gasteiger partial charge >= 0.3 is 0 Å². The Morgan fingerprint density at radius 2 is 1.18 bits per heavy atom. The standard InChI is InChI=1S/C30H18N2S2/c31-20-12-14-24-28(16-6-1-3-10-22(16)33-24)26(20)18-8-5-9-19-27-21(32-30(18)19)13-15-25-29(27)17-7-2-4-11-23(17)34-25/h1-15,32H,31H2. The Morgan fingerprint density at radius 3 is 1.97 bits per heavy atom. The van der Waals surface area contributed by atoms with E-state index in [1.165, 1.54) is 56.6 Å². The van der Waals surface area contributed by atoms with E-state index in [4.69, 9.17) is 5.73 Å². The Bertz CT molecular complexity index is 2090. The number of rotatable bonds is 1. The van der Waals surface area contributed by atoms with Crippen molar-refractivity contribution in [2.45, 2.75) is 0 Å². The fraction of sp³-hybridized carbons (Fsp3) is 0. The van der Waals surface area contributed by atoms with E-state index in [0.717, 1.165) is 22.3 Å². The maximum atomic E-state index is 6.69.